The first-order valence-electron chi connectivity index (χ1n) is 6.18. The van der Waals surface area contributed by atoms with E-state index in [-0.39, 0.29) is 0 Å². The molecule has 104 valence electrons. The molecule has 1 saturated heterocycles. The quantitative estimate of drug-likeness (QED) is 0.606. The Balaban J connectivity index is 1.80. The molecule has 0 N–H and O–H groups in total. The number of aromatic nitrogens is 2. The van der Waals surface area contributed by atoms with Gasteiger partial charge in [-0.05, 0) is 22.2 Å². The van der Waals surface area contributed by atoms with E-state index in [2.05, 4.69) is 42.2 Å². The van der Waals surface area contributed by atoms with Crippen molar-refractivity contribution in [3.63, 3.8) is 0 Å². The Bertz CT molecular complexity index is 416. The zero-order valence-corrected chi connectivity index (χ0v) is 13.3. The van der Waals surface area contributed by atoms with Gasteiger partial charge in [0.1, 0.15) is 6.61 Å². The lowest BCUT2D eigenvalue weighted by Crippen LogP contribution is -2.35. The third-order valence-corrected chi connectivity index (χ3v) is 3.79. The predicted molar refractivity (Wildman–Crippen MR) is 82.9 cm³/mol. The van der Waals surface area contributed by atoms with Crippen molar-refractivity contribution in [1.82, 2.24) is 9.97 Å². The van der Waals surface area contributed by atoms with Crippen LogP contribution in [-0.4, -0.2) is 47.4 Å². The topological polar surface area (TPSA) is 50.6 Å². The van der Waals surface area contributed by atoms with Gasteiger partial charge in [0.15, 0.2) is 0 Å². The Hall–Kier alpha value is -0.820. The molecule has 7 heteroatoms. The Morgan fingerprint density at radius 2 is 2.05 bits per heavy atom. The van der Waals surface area contributed by atoms with Gasteiger partial charge in [0.05, 0.1) is 10.2 Å². The number of hydrogen-bond acceptors (Lipinski definition) is 6. The first-order chi connectivity index (χ1) is 9.29. The van der Waals surface area contributed by atoms with Crippen molar-refractivity contribution in [3.05, 3.63) is 16.9 Å². The van der Waals surface area contributed by atoms with Crippen LogP contribution in [0.3, 0.4) is 0 Å². The number of oxime groups is 1. The minimum absolute atomic E-state index is 0.685. The monoisotopic (exact) mass is 344 g/mol. The van der Waals surface area contributed by atoms with Crippen molar-refractivity contribution in [2.24, 2.45) is 5.16 Å². The van der Waals surface area contributed by atoms with Gasteiger partial charge >= 0.3 is 0 Å². The summed E-state index contributed by atoms with van der Waals surface area (Å²) in [5.74, 6) is 1.76. The summed E-state index contributed by atoms with van der Waals surface area (Å²) in [4.78, 5) is 16.1. The maximum atomic E-state index is 5.28. The summed E-state index contributed by atoms with van der Waals surface area (Å²) < 4.78 is 0.901. The number of rotatable bonds is 5. The molecule has 1 aromatic heterocycles. The number of piperidine rings is 1. The second kappa shape index (κ2) is 7.69. The molecule has 0 aromatic carbocycles. The molecule has 2 rings (SSSR count). The van der Waals surface area contributed by atoms with Crippen LogP contribution >= 0.6 is 27.7 Å². The standard InChI is InChI=1S/C12H17BrN4OS/c1-19-7-6-18-16-11-2-4-17(5-3-11)12-14-8-10(13)9-15-12/h8-9H,2-7H2,1H3. The molecule has 1 fully saturated rings. The van der Waals surface area contributed by atoms with Crippen LogP contribution in [0, 0.1) is 0 Å². The zero-order valence-electron chi connectivity index (χ0n) is 10.9. The second-order valence-corrected chi connectivity index (χ2v) is 6.07. The van der Waals surface area contributed by atoms with Crippen LogP contribution in [0.5, 0.6) is 0 Å². The minimum Gasteiger partial charge on any atom is -0.395 e. The van der Waals surface area contributed by atoms with Crippen LogP contribution in [0.2, 0.25) is 0 Å². The fourth-order valence-corrected chi connectivity index (χ4v) is 2.23. The first kappa shape index (κ1) is 14.6. The number of thioether (sulfide) groups is 1. The Kier molecular flexibility index (Phi) is 5.91. The fourth-order valence-electron chi connectivity index (χ4n) is 1.78. The van der Waals surface area contributed by atoms with Crippen LogP contribution in [0.4, 0.5) is 5.95 Å². The SMILES string of the molecule is CSCCON=C1CCN(c2ncc(Br)cn2)CC1. The smallest absolute Gasteiger partial charge is 0.225 e. The predicted octanol–water partition coefficient (Wildman–Crippen LogP) is 2.57. The summed E-state index contributed by atoms with van der Waals surface area (Å²) >= 11 is 5.10. The molecule has 0 bridgehead atoms. The zero-order chi connectivity index (χ0) is 13.5. The van der Waals surface area contributed by atoms with E-state index in [0.29, 0.717) is 6.61 Å². The van der Waals surface area contributed by atoms with E-state index >= 15 is 0 Å². The molecule has 0 saturated carbocycles. The molecular formula is C12H17BrN4OS. The summed E-state index contributed by atoms with van der Waals surface area (Å²) in [6.07, 6.45) is 7.44. The molecule has 0 unspecified atom stereocenters. The van der Waals surface area contributed by atoms with Crippen LogP contribution in [-0.2, 0) is 4.84 Å². The molecule has 19 heavy (non-hydrogen) atoms. The summed E-state index contributed by atoms with van der Waals surface area (Å²) in [6, 6.07) is 0. The van der Waals surface area contributed by atoms with E-state index < -0.39 is 0 Å². The maximum absolute atomic E-state index is 5.28. The van der Waals surface area contributed by atoms with Crippen LogP contribution < -0.4 is 4.90 Å². The van der Waals surface area contributed by atoms with Crippen molar-refractivity contribution in [2.45, 2.75) is 12.8 Å². The van der Waals surface area contributed by atoms with Crippen molar-refractivity contribution >= 4 is 39.4 Å². The minimum atomic E-state index is 0.685. The molecular weight excluding hydrogens is 328 g/mol. The average molecular weight is 345 g/mol. The van der Waals surface area contributed by atoms with E-state index in [9.17, 15) is 0 Å². The average Bonchev–Trinajstić information content (AvgIpc) is 2.45. The van der Waals surface area contributed by atoms with Crippen molar-refractivity contribution in [2.75, 3.05) is 36.6 Å². The highest BCUT2D eigenvalue weighted by Crippen LogP contribution is 2.15. The van der Waals surface area contributed by atoms with Crippen LogP contribution in [0.25, 0.3) is 0 Å². The van der Waals surface area contributed by atoms with Gasteiger partial charge in [-0.2, -0.15) is 11.8 Å². The molecule has 1 aromatic rings. The lowest BCUT2D eigenvalue weighted by molar-refractivity contribution is 0.160. The molecule has 2 heterocycles. The van der Waals surface area contributed by atoms with Crippen molar-refractivity contribution in [3.8, 4) is 0 Å². The van der Waals surface area contributed by atoms with E-state index in [4.69, 9.17) is 4.84 Å². The van der Waals surface area contributed by atoms with Gasteiger partial charge in [-0.1, -0.05) is 5.16 Å². The van der Waals surface area contributed by atoms with E-state index in [1.165, 1.54) is 0 Å². The third-order valence-electron chi connectivity index (χ3n) is 2.80. The summed E-state index contributed by atoms with van der Waals surface area (Å²) in [5, 5.41) is 4.19. The van der Waals surface area contributed by atoms with E-state index in [1.807, 2.05) is 0 Å². The number of anilines is 1. The highest BCUT2D eigenvalue weighted by molar-refractivity contribution is 9.10. The normalized spacial score (nSPS) is 15.5. The molecule has 1 aliphatic rings. The molecule has 5 nitrogen and oxygen atoms in total. The van der Waals surface area contributed by atoms with Crippen molar-refractivity contribution in [1.29, 1.82) is 0 Å². The molecule has 0 radical (unpaired) electrons. The van der Waals surface area contributed by atoms with Gasteiger partial charge in [-0.15, -0.1) is 0 Å². The van der Waals surface area contributed by atoms with Gasteiger partial charge in [0, 0.05) is 44.1 Å². The Labute approximate surface area is 125 Å². The van der Waals surface area contributed by atoms with Gasteiger partial charge in [0.2, 0.25) is 5.95 Å². The highest BCUT2D eigenvalue weighted by Gasteiger charge is 2.17. The Morgan fingerprint density at radius 1 is 1.37 bits per heavy atom. The number of nitrogens with zero attached hydrogens (tertiary/aromatic N) is 4. The van der Waals surface area contributed by atoms with Crippen LogP contribution in [0.15, 0.2) is 22.0 Å². The van der Waals surface area contributed by atoms with Crippen molar-refractivity contribution < 1.29 is 4.84 Å². The Morgan fingerprint density at radius 3 is 2.68 bits per heavy atom. The second-order valence-electron chi connectivity index (χ2n) is 4.17. The largest absolute Gasteiger partial charge is 0.395 e. The van der Waals surface area contributed by atoms with E-state index in [1.54, 1.807) is 24.2 Å². The van der Waals surface area contributed by atoms with E-state index in [0.717, 1.165) is 47.8 Å². The summed E-state index contributed by atoms with van der Waals surface area (Å²) in [7, 11) is 0. The molecule has 1 aliphatic heterocycles. The fraction of sp³-hybridized carbons (Fsp3) is 0.583. The third kappa shape index (κ3) is 4.65. The molecule has 0 spiro atoms. The van der Waals surface area contributed by atoms with Gasteiger partial charge in [-0.3, -0.25) is 0 Å². The van der Waals surface area contributed by atoms with Crippen LogP contribution in [0.1, 0.15) is 12.8 Å². The van der Waals surface area contributed by atoms with Gasteiger partial charge in [0.25, 0.3) is 0 Å². The molecule has 0 amide bonds. The lowest BCUT2D eigenvalue weighted by Gasteiger charge is -2.27. The first-order valence-corrected chi connectivity index (χ1v) is 8.37. The summed E-state index contributed by atoms with van der Waals surface area (Å²) in [6.45, 7) is 2.48. The van der Waals surface area contributed by atoms with Gasteiger partial charge in [-0.25, -0.2) is 9.97 Å². The maximum Gasteiger partial charge on any atom is 0.225 e. The van der Waals surface area contributed by atoms with Gasteiger partial charge < -0.3 is 9.74 Å². The molecule has 0 aliphatic carbocycles. The highest BCUT2D eigenvalue weighted by atomic mass is 79.9. The number of halogens is 1. The molecule has 0 atom stereocenters. The summed E-state index contributed by atoms with van der Waals surface area (Å²) in [5.41, 5.74) is 1.13. The lowest BCUT2D eigenvalue weighted by atomic mass is 10.1. The number of hydrogen-bond donors (Lipinski definition) is 0.